The van der Waals surface area contributed by atoms with Gasteiger partial charge in [0.1, 0.15) is 11.6 Å². The molecular weight excluding hydrogens is 281 g/mol. The fraction of sp³-hybridized carbons (Fsp3) is 0.643. The summed E-state index contributed by atoms with van der Waals surface area (Å²) in [5.74, 6) is 0.675. The molecule has 1 aromatic heterocycles. The molecule has 4 nitrogen and oxygen atoms in total. The van der Waals surface area contributed by atoms with Gasteiger partial charge in [-0.05, 0) is 31.5 Å². The number of nitrogens with one attached hydrogen (secondary N) is 1. The number of piperazine rings is 1. The van der Waals surface area contributed by atoms with Gasteiger partial charge in [-0.25, -0.2) is 4.98 Å². The Morgan fingerprint density at radius 3 is 2.76 bits per heavy atom. The highest BCUT2D eigenvalue weighted by atomic mass is 19.4. The molecule has 0 saturated carbocycles. The Kier molecular flexibility index (Phi) is 3.69. The smallest absolute Gasteiger partial charge is 0.373 e. The first kappa shape index (κ1) is 14.4. The molecule has 0 aromatic carbocycles. The van der Waals surface area contributed by atoms with E-state index in [1.54, 1.807) is 7.05 Å². The van der Waals surface area contributed by atoms with Crippen molar-refractivity contribution >= 4 is 11.6 Å². The molecule has 7 heteroatoms. The van der Waals surface area contributed by atoms with Gasteiger partial charge in [0.25, 0.3) is 0 Å². The Balaban J connectivity index is 1.87. The first-order valence-electron chi connectivity index (χ1n) is 7.23. The third-order valence-electron chi connectivity index (χ3n) is 4.31. The van der Waals surface area contributed by atoms with Crippen molar-refractivity contribution in [2.75, 3.05) is 43.4 Å². The second kappa shape index (κ2) is 5.36. The van der Waals surface area contributed by atoms with Gasteiger partial charge in [0.05, 0.1) is 5.56 Å². The lowest BCUT2D eigenvalue weighted by Gasteiger charge is -2.38. The van der Waals surface area contributed by atoms with Crippen molar-refractivity contribution in [3.8, 4) is 0 Å². The summed E-state index contributed by atoms with van der Waals surface area (Å²) in [6, 6.07) is 2.66. The SMILES string of the molecule is CNc1cc(C(F)(F)F)cc(N2CCN3CCCC3C2)n1. The molecule has 3 heterocycles. The summed E-state index contributed by atoms with van der Waals surface area (Å²) >= 11 is 0. The number of hydrogen-bond donors (Lipinski definition) is 1. The maximum atomic E-state index is 13.0. The van der Waals surface area contributed by atoms with E-state index in [2.05, 4.69) is 15.2 Å². The number of hydrogen-bond acceptors (Lipinski definition) is 4. The number of halogens is 3. The lowest BCUT2D eigenvalue weighted by Crippen LogP contribution is -2.50. The van der Waals surface area contributed by atoms with Crippen LogP contribution < -0.4 is 10.2 Å². The summed E-state index contributed by atoms with van der Waals surface area (Å²) in [5, 5.41) is 2.72. The molecule has 1 atom stereocenters. The molecule has 0 amide bonds. The maximum Gasteiger partial charge on any atom is 0.416 e. The van der Waals surface area contributed by atoms with Gasteiger partial charge in [0.2, 0.25) is 0 Å². The van der Waals surface area contributed by atoms with Crippen molar-refractivity contribution < 1.29 is 13.2 Å². The van der Waals surface area contributed by atoms with Gasteiger partial charge in [0, 0.05) is 32.7 Å². The first-order chi connectivity index (χ1) is 9.97. The average Bonchev–Trinajstić information content (AvgIpc) is 2.93. The zero-order valence-corrected chi connectivity index (χ0v) is 12.0. The van der Waals surface area contributed by atoms with Crippen molar-refractivity contribution in [1.82, 2.24) is 9.88 Å². The second-order valence-electron chi connectivity index (χ2n) is 5.63. The quantitative estimate of drug-likeness (QED) is 0.909. The van der Waals surface area contributed by atoms with Crippen molar-refractivity contribution in [3.05, 3.63) is 17.7 Å². The highest BCUT2D eigenvalue weighted by Gasteiger charge is 2.34. The predicted molar refractivity (Wildman–Crippen MR) is 75.6 cm³/mol. The molecule has 0 aliphatic carbocycles. The van der Waals surface area contributed by atoms with Crippen molar-refractivity contribution in [3.63, 3.8) is 0 Å². The molecule has 116 valence electrons. The predicted octanol–water partition coefficient (Wildman–Crippen LogP) is 2.43. The van der Waals surface area contributed by atoms with Crippen LogP contribution in [0, 0.1) is 0 Å². The number of alkyl halides is 3. The van der Waals surface area contributed by atoms with Crippen molar-refractivity contribution in [2.45, 2.75) is 25.1 Å². The monoisotopic (exact) mass is 300 g/mol. The summed E-state index contributed by atoms with van der Waals surface area (Å²) in [6.45, 7) is 3.50. The van der Waals surface area contributed by atoms with E-state index in [9.17, 15) is 13.2 Å². The highest BCUT2D eigenvalue weighted by Crippen LogP contribution is 2.33. The topological polar surface area (TPSA) is 31.4 Å². The molecule has 0 spiro atoms. The Labute approximate surface area is 121 Å². The lowest BCUT2D eigenvalue weighted by molar-refractivity contribution is -0.137. The van der Waals surface area contributed by atoms with Crippen LogP contribution in [0.1, 0.15) is 18.4 Å². The van der Waals surface area contributed by atoms with Crippen LogP contribution in [0.3, 0.4) is 0 Å². The first-order valence-corrected chi connectivity index (χ1v) is 7.23. The van der Waals surface area contributed by atoms with Gasteiger partial charge in [-0.2, -0.15) is 13.2 Å². The lowest BCUT2D eigenvalue weighted by atomic mass is 10.1. The Hall–Kier alpha value is -1.50. The molecule has 1 unspecified atom stereocenters. The molecule has 1 aromatic rings. The third-order valence-corrected chi connectivity index (χ3v) is 4.31. The molecule has 2 aliphatic rings. The molecule has 3 rings (SSSR count). The molecule has 21 heavy (non-hydrogen) atoms. The minimum absolute atomic E-state index is 0.258. The molecule has 0 radical (unpaired) electrons. The van der Waals surface area contributed by atoms with Gasteiger partial charge in [0.15, 0.2) is 0 Å². The van der Waals surface area contributed by atoms with E-state index in [0.29, 0.717) is 11.9 Å². The van der Waals surface area contributed by atoms with Crippen molar-refractivity contribution in [2.24, 2.45) is 0 Å². The van der Waals surface area contributed by atoms with E-state index in [1.807, 2.05) is 4.90 Å². The summed E-state index contributed by atoms with van der Waals surface area (Å²) in [5.41, 5.74) is -0.647. The number of rotatable bonds is 2. The average molecular weight is 300 g/mol. The van der Waals surface area contributed by atoms with Crippen LogP contribution in [0.5, 0.6) is 0 Å². The van der Waals surface area contributed by atoms with Crippen LogP contribution in [0.2, 0.25) is 0 Å². The minimum atomic E-state index is -4.35. The molecular formula is C14H19F3N4. The summed E-state index contributed by atoms with van der Waals surface area (Å²) in [7, 11) is 1.58. The van der Waals surface area contributed by atoms with Crippen LogP contribution in [0.4, 0.5) is 24.8 Å². The van der Waals surface area contributed by atoms with Crippen LogP contribution >= 0.6 is 0 Å². The van der Waals surface area contributed by atoms with Crippen LogP contribution in [-0.4, -0.2) is 49.2 Å². The standard InChI is InChI=1S/C14H19F3N4/c1-18-12-7-10(14(15,16)17)8-13(19-12)21-6-5-20-4-2-3-11(20)9-21/h7-8,11H,2-6,9H2,1H3,(H,18,19). The largest absolute Gasteiger partial charge is 0.416 e. The van der Waals surface area contributed by atoms with E-state index in [1.165, 1.54) is 6.42 Å². The van der Waals surface area contributed by atoms with Gasteiger partial charge in [-0.3, -0.25) is 4.90 Å². The molecule has 1 N–H and O–H groups in total. The van der Waals surface area contributed by atoms with Gasteiger partial charge < -0.3 is 10.2 Å². The van der Waals surface area contributed by atoms with Gasteiger partial charge >= 0.3 is 6.18 Å². The molecule has 2 saturated heterocycles. The number of pyridine rings is 1. The van der Waals surface area contributed by atoms with E-state index in [-0.39, 0.29) is 5.82 Å². The van der Waals surface area contributed by atoms with E-state index in [4.69, 9.17) is 0 Å². The fourth-order valence-corrected chi connectivity index (χ4v) is 3.17. The number of anilines is 2. The Morgan fingerprint density at radius 1 is 1.24 bits per heavy atom. The molecule has 0 bridgehead atoms. The number of nitrogens with zero attached hydrogens (tertiary/aromatic N) is 3. The maximum absolute atomic E-state index is 13.0. The molecule has 2 aliphatic heterocycles. The van der Waals surface area contributed by atoms with Crippen LogP contribution in [0.15, 0.2) is 12.1 Å². The minimum Gasteiger partial charge on any atom is -0.373 e. The normalized spacial score (nSPS) is 23.2. The summed E-state index contributed by atoms with van der Waals surface area (Å²) < 4.78 is 39.0. The number of fused-ring (bicyclic) bond motifs is 1. The molecule has 2 fully saturated rings. The van der Waals surface area contributed by atoms with Gasteiger partial charge in [-0.15, -0.1) is 0 Å². The zero-order chi connectivity index (χ0) is 15.0. The van der Waals surface area contributed by atoms with E-state index >= 15 is 0 Å². The summed E-state index contributed by atoms with van der Waals surface area (Å²) in [6.07, 6.45) is -2.05. The third kappa shape index (κ3) is 2.92. The number of aromatic nitrogens is 1. The highest BCUT2D eigenvalue weighted by molar-refractivity contribution is 5.51. The van der Waals surface area contributed by atoms with Crippen LogP contribution in [-0.2, 0) is 6.18 Å². The van der Waals surface area contributed by atoms with Crippen molar-refractivity contribution in [1.29, 1.82) is 0 Å². The Bertz CT molecular complexity index is 517. The van der Waals surface area contributed by atoms with E-state index < -0.39 is 11.7 Å². The fourth-order valence-electron chi connectivity index (χ4n) is 3.17. The van der Waals surface area contributed by atoms with E-state index in [0.717, 1.165) is 44.7 Å². The Morgan fingerprint density at radius 2 is 2.05 bits per heavy atom. The van der Waals surface area contributed by atoms with Gasteiger partial charge in [-0.1, -0.05) is 0 Å². The second-order valence-corrected chi connectivity index (χ2v) is 5.63. The van der Waals surface area contributed by atoms with Crippen LogP contribution in [0.25, 0.3) is 0 Å². The zero-order valence-electron chi connectivity index (χ0n) is 12.0. The summed E-state index contributed by atoms with van der Waals surface area (Å²) in [4.78, 5) is 8.69.